The molecule has 0 spiro atoms. The van der Waals surface area contributed by atoms with Gasteiger partial charge in [-0.3, -0.25) is 0 Å². The molecule has 0 aromatic heterocycles. The summed E-state index contributed by atoms with van der Waals surface area (Å²) in [4.78, 5) is 0. The van der Waals surface area contributed by atoms with Gasteiger partial charge in [-0.05, 0) is 0 Å². The molecule has 0 saturated carbocycles. The number of hydrogen-bond acceptors (Lipinski definition) is 3. The Morgan fingerprint density at radius 1 is 0.379 bits per heavy atom. The van der Waals surface area contributed by atoms with Crippen molar-refractivity contribution in [3.63, 3.8) is 0 Å². The summed E-state index contributed by atoms with van der Waals surface area (Å²) in [6, 6.07) is 41.7. The Labute approximate surface area is 181 Å². The SMILES string of the molecule is [Cl-].c1ccc(N[As+](Nc2ccccc2)(Nc2ccccc2)c2ccccc2)cc1. The minimum atomic E-state index is -3.10. The van der Waals surface area contributed by atoms with Crippen LogP contribution in [0.25, 0.3) is 0 Å². The van der Waals surface area contributed by atoms with E-state index in [4.69, 9.17) is 0 Å². The van der Waals surface area contributed by atoms with Crippen molar-refractivity contribution in [2.45, 2.75) is 0 Å². The summed E-state index contributed by atoms with van der Waals surface area (Å²) in [5, 5.41) is 0. The topological polar surface area (TPSA) is 36.1 Å². The Morgan fingerprint density at radius 3 is 0.966 bits per heavy atom. The molecule has 29 heavy (non-hydrogen) atoms. The third-order valence-corrected chi connectivity index (χ3v) is 10.3. The van der Waals surface area contributed by atoms with Crippen molar-refractivity contribution < 1.29 is 12.4 Å². The third-order valence-electron chi connectivity index (χ3n) is 4.36. The van der Waals surface area contributed by atoms with E-state index >= 15 is 0 Å². The molecule has 146 valence electrons. The zero-order chi connectivity index (χ0) is 19.1. The summed E-state index contributed by atoms with van der Waals surface area (Å²) >= 11 is -3.10. The Morgan fingerprint density at radius 2 is 0.655 bits per heavy atom. The second-order valence-corrected chi connectivity index (χ2v) is 11.7. The van der Waals surface area contributed by atoms with Crippen LogP contribution in [-0.2, 0) is 0 Å². The first kappa shape index (κ1) is 20.9. The zero-order valence-electron chi connectivity index (χ0n) is 15.9. The van der Waals surface area contributed by atoms with E-state index < -0.39 is 14.2 Å². The normalized spacial score (nSPS) is 10.5. The van der Waals surface area contributed by atoms with Gasteiger partial charge in [0.2, 0.25) is 0 Å². The van der Waals surface area contributed by atoms with E-state index in [1.807, 2.05) is 18.2 Å². The van der Waals surface area contributed by atoms with E-state index in [0.29, 0.717) is 0 Å². The van der Waals surface area contributed by atoms with Crippen molar-refractivity contribution in [2.75, 3.05) is 12.7 Å². The minimum absolute atomic E-state index is 0. The number of hydrogen-bond donors (Lipinski definition) is 3. The Hall–Kier alpha value is -2.87. The van der Waals surface area contributed by atoms with Crippen LogP contribution in [0.3, 0.4) is 0 Å². The predicted molar refractivity (Wildman–Crippen MR) is 122 cm³/mol. The van der Waals surface area contributed by atoms with E-state index in [1.54, 1.807) is 0 Å². The number of benzene rings is 4. The molecule has 0 heterocycles. The molecule has 4 aromatic carbocycles. The van der Waals surface area contributed by atoms with Crippen LogP contribution in [0, 0.1) is 0 Å². The van der Waals surface area contributed by atoms with Crippen LogP contribution in [0.15, 0.2) is 121 Å². The molecule has 0 amide bonds. The molecule has 0 aliphatic heterocycles. The maximum atomic E-state index is 3.86. The van der Waals surface area contributed by atoms with Crippen LogP contribution >= 0.6 is 0 Å². The Kier molecular flexibility index (Phi) is 7.24. The Balaban J connectivity index is 0.00000240. The van der Waals surface area contributed by atoms with Crippen molar-refractivity contribution in [2.24, 2.45) is 0 Å². The van der Waals surface area contributed by atoms with Crippen molar-refractivity contribution in [3.05, 3.63) is 121 Å². The molecular weight excluding hydrogens is 441 g/mol. The molecule has 0 aliphatic rings. The van der Waals surface area contributed by atoms with E-state index in [0.717, 1.165) is 17.1 Å². The van der Waals surface area contributed by atoms with Gasteiger partial charge in [-0.1, -0.05) is 0 Å². The van der Waals surface area contributed by atoms with Crippen LogP contribution in [0.4, 0.5) is 17.1 Å². The second kappa shape index (κ2) is 10.1. The van der Waals surface area contributed by atoms with E-state index in [2.05, 4.69) is 116 Å². The van der Waals surface area contributed by atoms with Crippen LogP contribution in [-0.4, -0.2) is 14.2 Å². The average molecular weight is 464 g/mol. The van der Waals surface area contributed by atoms with Crippen LogP contribution in [0.2, 0.25) is 0 Å². The number of halogens is 1. The summed E-state index contributed by atoms with van der Waals surface area (Å²) < 4.78 is 12.8. The van der Waals surface area contributed by atoms with Crippen molar-refractivity contribution >= 4 is 35.6 Å². The van der Waals surface area contributed by atoms with Crippen LogP contribution < -0.4 is 29.5 Å². The van der Waals surface area contributed by atoms with Gasteiger partial charge in [0.05, 0.1) is 0 Å². The van der Waals surface area contributed by atoms with Gasteiger partial charge >= 0.3 is 170 Å². The summed E-state index contributed by atoms with van der Waals surface area (Å²) in [6.07, 6.45) is 0. The molecule has 0 saturated heterocycles. The molecule has 0 atom stereocenters. The fourth-order valence-corrected chi connectivity index (χ4v) is 8.89. The first-order valence-corrected chi connectivity index (χ1v) is 13.0. The molecule has 0 fully saturated rings. The number of para-hydroxylation sites is 3. The summed E-state index contributed by atoms with van der Waals surface area (Å²) in [5.41, 5.74) is 3.27. The first-order chi connectivity index (χ1) is 13.8. The Bertz CT molecular complexity index is 882. The molecule has 0 bridgehead atoms. The molecule has 3 N–H and O–H groups in total. The molecule has 0 aliphatic carbocycles. The first-order valence-electron chi connectivity index (χ1n) is 9.29. The molecule has 0 unspecified atom stereocenters. The monoisotopic (exact) mass is 463 g/mol. The number of nitrogens with one attached hydrogen (secondary N) is 3. The molecule has 0 radical (unpaired) electrons. The zero-order valence-corrected chi connectivity index (χ0v) is 18.5. The summed E-state index contributed by atoms with van der Waals surface area (Å²) in [5.74, 6) is 0. The summed E-state index contributed by atoms with van der Waals surface area (Å²) in [6.45, 7) is 0. The summed E-state index contributed by atoms with van der Waals surface area (Å²) in [7, 11) is 0. The van der Waals surface area contributed by atoms with Gasteiger partial charge in [0, 0.05) is 0 Å². The molecule has 3 nitrogen and oxygen atoms in total. The number of rotatable bonds is 7. The molecule has 4 aromatic rings. The van der Waals surface area contributed by atoms with Crippen molar-refractivity contribution in [3.8, 4) is 0 Å². The molecular formula is C24H23AsClN3. The fraction of sp³-hybridized carbons (Fsp3) is 0. The van der Waals surface area contributed by atoms with E-state index in [-0.39, 0.29) is 12.4 Å². The van der Waals surface area contributed by atoms with Crippen molar-refractivity contribution in [1.82, 2.24) is 0 Å². The molecule has 5 heteroatoms. The fourth-order valence-electron chi connectivity index (χ4n) is 3.05. The quantitative estimate of drug-likeness (QED) is 0.368. The van der Waals surface area contributed by atoms with Gasteiger partial charge in [0.1, 0.15) is 0 Å². The van der Waals surface area contributed by atoms with E-state index in [1.165, 1.54) is 4.35 Å². The predicted octanol–water partition coefficient (Wildman–Crippen LogP) is 2.17. The van der Waals surface area contributed by atoms with Crippen LogP contribution in [0.5, 0.6) is 0 Å². The maximum absolute atomic E-state index is 3.86. The van der Waals surface area contributed by atoms with Gasteiger partial charge in [-0.2, -0.15) is 0 Å². The van der Waals surface area contributed by atoms with Gasteiger partial charge in [-0.15, -0.1) is 0 Å². The van der Waals surface area contributed by atoms with Crippen LogP contribution in [0.1, 0.15) is 0 Å². The van der Waals surface area contributed by atoms with Gasteiger partial charge in [-0.25, -0.2) is 0 Å². The third kappa shape index (κ3) is 5.35. The van der Waals surface area contributed by atoms with Gasteiger partial charge < -0.3 is 12.4 Å². The standard InChI is InChI=1S/C24H23AsN3.ClH/c1-5-13-21(14-6-1)25(26-22-15-7-2-8-16-22,27-23-17-9-3-10-18-23)28-24-19-11-4-12-20-24;/h1-20,26-28H;1H/q+1;/p-1. The van der Waals surface area contributed by atoms with E-state index in [9.17, 15) is 0 Å². The van der Waals surface area contributed by atoms with Gasteiger partial charge in [0.25, 0.3) is 0 Å². The van der Waals surface area contributed by atoms with Gasteiger partial charge in [0.15, 0.2) is 0 Å². The second-order valence-electron chi connectivity index (χ2n) is 6.44. The molecule has 4 rings (SSSR count). The average Bonchev–Trinajstić information content (AvgIpc) is 2.76. The van der Waals surface area contributed by atoms with Crippen molar-refractivity contribution in [1.29, 1.82) is 0 Å². The number of anilines is 3.